The van der Waals surface area contributed by atoms with Crippen molar-refractivity contribution in [2.45, 2.75) is 173 Å². The van der Waals surface area contributed by atoms with Gasteiger partial charge in [-0.1, -0.05) is 276 Å². The number of unbranched alkanes of at least 4 members (excludes halogenated alkanes) is 13. The van der Waals surface area contributed by atoms with E-state index in [4.69, 9.17) is 4.74 Å². The molecule has 8 aromatic rings. The topological polar surface area (TPSA) is 9.23 Å². The zero-order chi connectivity index (χ0) is 53.0. The van der Waals surface area contributed by atoms with Crippen LogP contribution >= 0.6 is 0 Å². The third kappa shape index (κ3) is 9.63. The first-order valence-corrected chi connectivity index (χ1v) is 30.3. The number of aryl methyl sites for hydroxylation is 1. The van der Waals surface area contributed by atoms with Crippen LogP contribution in [0.15, 0.2) is 170 Å². The number of hydrogen-bond acceptors (Lipinski definition) is 1. The predicted octanol–water partition coefficient (Wildman–Crippen LogP) is 21.7. The second kappa shape index (κ2) is 22.9. The van der Waals surface area contributed by atoms with Crippen LogP contribution in [0.3, 0.4) is 0 Å². The van der Waals surface area contributed by atoms with E-state index >= 15 is 0 Å². The Labute approximate surface area is 463 Å². The highest BCUT2D eigenvalue weighted by atomic mass is 16.5. The highest BCUT2D eigenvalue weighted by Crippen LogP contribution is 2.61. The van der Waals surface area contributed by atoms with Crippen molar-refractivity contribution in [3.8, 4) is 61.4 Å². The van der Waals surface area contributed by atoms with Crippen molar-refractivity contribution in [2.24, 2.45) is 0 Å². The summed E-state index contributed by atoms with van der Waals surface area (Å²) in [6.45, 7) is 14.7. The van der Waals surface area contributed by atoms with Crippen molar-refractivity contribution in [3.05, 3.63) is 220 Å². The molecule has 0 radical (unpaired) electrons. The summed E-state index contributed by atoms with van der Waals surface area (Å²) in [7, 11) is 0. The highest BCUT2D eigenvalue weighted by molar-refractivity contribution is 5.98. The smallest absolute Gasteiger partial charge is 0.119 e. The molecule has 0 heterocycles. The van der Waals surface area contributed by atoms with Crippen LogP contribution in [0.1, 0.15) is 200 Å². The Morgan fingerprint density at radius 1 is 0.351 bits per heavy atom. The van der Waals surface area contributed by atoms with E-state index < -0.39 is 5.41 Å². The maximum Gasteiger partial charge on any atom is 0.119 e. The van der Waals surface area contributed by atoms with Gasteiger partial charge in [0.05, 0.1) is 12.0 Å². The molecule has 3 aliphatic rings. The first kappa shape index (κ1) is 52.6. The number of ether oxygens (including phenoxy) is 1. The molecule has 0 saturated heterocycles. The van der Waals surface area contributed by atoms with Crippen molar-refractivity contribution in [2.75, 3.05) is 6.61 Å². The predicted molar refractivity (Wildman–Crippen MR) is 329 cm³/mol. The third-order valence-corrected chi connectivity index (χ3v) is 18.6. The van der Waals surface area contributed by atoms with Gasteiger partial charge in [-0.05, 0) is 157 Å². The molecule has 8 aromatic carbocycles. The minimum absolute atomic E-state index is 0.000516. The quantitative estimate of drug-likeness (QED) is 0.0548. The Hall–Kier alpha value is -6.44. The van der Waals surface area contributed by atoms with Crippen molar-refractivity contribution in [1.29, 1.82) is 0 Å². The Bertz CT molecular complexity index is 3310. The minimum atomic E-state index is -0.595. The fourth-order valence-electron chi connectivity index (χ4n) is 14.5. The molecule has 0 saturated carbocycles. The molecule has 1 heteroatoms. The Morgan fingerprint density at radius 2 is 0.818 bits per heavy atom. The van der Waals surface area contributed by atoms with Gasteiger partial charge >= 0.3 is 0 Å². The van der Waals surface area contributed by atoms with Gasteiger partial charge in [0.2, 0.25) is 0 Å². The van der Waals surface area contributed by atoms with Crippen LogP contribution in [0.5, 0.6) is 5.75 Å². The molecule has 1 unspecified atom stereocenters. The van der Waals surface area contributed by atoms with Crippen molar-refractivity contribution in [3.63, 3.8) is 0 Å². The van der Waals surface area contributed by atoms with Gasteiger partial charge in [0, 0.05) is 10.8 Å². The zero-order valence-corrected chi connectivity index (χ0v) is 47.5. The lowest BCUT2D eigenvalue weighted by Gasteiger charge is -2.34. The average Bonchev–Trinajstić information content (AvgIpc) is 4.22. The zero-order valence-electron chi connectivity index (χ0n) is 47.5. The molecule has 3 aliphatic carbocycles. The molecule has 0 N–H and O–H groups in total. The number of rotatable bonds is 24. The van der Waals surface area contributed by atoms with Crippen LogP contribution in [0.2, 0.25) is 0 Å². The maximum absolute atomic E-state index is 6.46. The van der Waals surface area contributed by atoms with E-state index in [1.807, 2.05) is 0 Å². The summed E-state index contributed by atoms with van der Waals surface area (Å²) in [6, 6.07) is 66.8. The standard InChI is InChI=1S/C76H84O/c1-7-10-13-16-18-24-48-75(49-25-19-17-14-11-8-2)68-32-23-21-29-63(68)65-46-38-57(53-71(65)75)61-30-27-33-69-73(61)66-47-37-56(55-36-45-64-62-28-20-22-31-67(62)74(5,6)70(64)51-55)52-72(66)76(69,58-39-34-54(4)35-40-58)59-41-43-60(44-42-59)77-50-26-15-12-9-3/h20-23,27-47,51-53H,7-19,24-26,48-50H2,1-6H3. The van der Waals surface area contributed by atoms with E-state index in [1.165, 1.54) is 204 Å². The van der Waals surface area contributed by atoms with Crippen molar-refractivity contribution >= 4 is 0 Å². The summed E-state index contributed by atoms with van der Waals surface area (Å²) >= 11 is 0. The Morgan fingerprint density at radius 3 is 1.47 bits per heavy atom. The monoisotopic (exact) mass is 1010 g/mol. The number of fused-ring (bicyclic) bond motifs is 9. The summed E-state index contributed by atoms with van der Waals surface area (Å²) in [5, 5.41) is 0. The minimum Gasteiger partial charge on any atom is -0.494 e. The van der Waals surface area contributed by atoms with Gasteiger partial charge in [-0.15, -0.1) is 0 Å². The van der Waals surface area contributed by atoms with Gasteiger partial charge in [0.1, 0.15) is 5.75 Å². The van der Waals surface area contributed by atoms with Gasteiger partial charge in [0.15, 0.2) is 0 Å². The molecule has 1 nitrogen and oxygen atoms in total. The summed E-state index contributed by atoms with van der Waals surface area (Å²) in [5.41, 5.74) is 25.2. The van der Waals surface area contributed by atoms with Gasteiger partial charge in [0.25, 0.3) is 0 Å². The number of benzene rings is 8. The van der Waals surface area contributed by atoms with Crippen LogP contribution in [0.4, 0.5) is 0 Å². The summed E-state index contributed by atoms with van der Waals surface area (Å²) < 4.78 is 6.46. The fraction of sp³-hybridized carbons (Fsp3) is 0.368. The van der Waals surface area contributed by atoms with Crippen LogP contribution in [0.25, 0.3) is 55.6 Å². The van der Waals surface area contributed by atoms with Crippen molar-refractivity contribution in [1.82, 2.24) is 0 Å². The summed E-state index contributed by atoms with van der Waals surface area (Å²) in [4.78, 5) is 0. The van der Waals surface area contributed by atoms with Gasteiger partial charge in [-0.2, -0.15) is 0 Å². The van der Waals surface area contributed by atoms with Gasteiger partial charge < -0.3 is 4.74 Å². The second-order valence-corrected chi connectivity index (χ2v) is 23.9. The van der Waals surface area contributed by atoms with Crippen LogP contribution < -0.4 is 4.74 Å². The SMILES string of the molecule is CCCCCCCCC1(CCCCCCCC)c2ccccc2-c2ccc(-c3cccc4c3-c3ccc(-c5ccc6c(c5)C(C)(C)c5ccccc5-6)cc3C4(c3ccc(C)cc3)c3ccc(OCCCCCC)cc3)cc21. The average molecular weight is 1010 g/mol. The van der Waals surface area contributed by atoms with E-state index in [1.54, 1.807) is 11.1 Å². The van der Waals surface area contributed by atoms with E-state index in [0.29, 0.717) is 0 Å². The van der Waals surface area contributed by atoms with Gasteiger partial charge in [-0.25, -0.2) is 0 Å². The molecular weight excluding hydrogens is 929 g/mol. The Kier molecular flexibility index (Phi) is 15.6. The first-order chi connectivity index (χ1) is 37.7. The third-order valence-electron chi connectivity index (χ3n) is 18.6. The van der Waals surface area contributed by atoms with E-state index in [-0.39, 0.29) is 10.8 Å². The summed E-state index contributed by atoms with van der Waals surface area (Å²) in [6.07, 6.45) is 23.0. The first-order valence-electron chi connectivity index (χ1n) is 30.3. The molecule has 0 fully saturated rings. The molecule has 0 spiro atoms. The van der Waals surface area contributed by atoms with E-state index in [0.717, 1.165) is 18.8 Å². The van der Waals surface area contributed by atoms with Gasteiger partial charge in [-0.3, -0.25) is 0 Å². The molecule has 1 atom stereocenters. The largest absolute Gasteiger partial charge is 0.494 e. The van der Waals surface area contributed by atoms with Crippen LogP contribution in [-0.2, 0) is 16.2 Å². The molecule has 77 heavy (non-hydrogen) atoms. The molecule has 0 aliphatic heterocycles. The normalized spacial score (nSPS) is 15.9. The van der Waals surface area contributed by atoms with Crippen molar-refractivity contribution < 1.29 is 4.74 Å². The lowest BCUT2D eigenvalue weighted by Crippen LogP contribution is -2.28. The molecule has 0 amide bonds. The summed E-state index contributed by atoms with van der Waals surface area (Å²) in [5.74, 6) is 0.941. The van der Waals surface area contributed by atoms with E-state index in [9.17, 15) is 0 Å². The lowest BCUT2D eigenvalue weighted by atomic mass is 9.67. The van der Waals surface area contributed by atoms with Crippen LogP contribution in [0, 0.1) is 6.92 Å². The number of hydrogen-bond donors (Lipinski definition) is 0. The fourth-order valence-corrected chi connectivity index (χ4v) is 14.5. The van der Waals surface area contributed by atoms with E-state index in [2.05, 4.69) is 211 Å². The second-order valence-electron chi connectivity index (χ2n) is 23.9. The highest BCUT2D eigenvalue weighted by Gasteiger charge is 2.48. The molecule has 0 aromatic heterocycles. The molecular formula is C76H84O. The molecule has 394 valence electrons. The molecule has 0 bridgehead atoms. The van der Waals surface area contributed by atoms with Crippen LogP contribution in [-0.4, -0.2) is 6.61 Å². The lowest BCUT2D eigenvalue weighted by molar-refractivity contribution is 0.305. The molecule has 11 rings (SSSR count). The maximum atomic E-state index is 6.46. The Balaban J connectivity index is 1.08.